The largest absolute Gasteiger partial charge is 0.480 e. The Labute approximate surface area is 87.0 Å². The third-order valence-corrected chi connectivity index (χ3v) is 2.24. The molecule has 0 unspecified atom stereocenters. The highest BCUT2D eigenvalue weighted by atomic mass is 32.2. The molecule has 0 heterocycles. The van der Waals surface area contributed by atoms with Crippen molar-refractivity contribution in [3.05, 3.63) is 0 Å². The first kappa shape index (κ1) is 13.8. The Morgan fingerprint density at radius 2 is 1.87 bits per heavy atom. The highest BCUT2D eigenvalue weighted by Gasteiger charge is 2.25. The molecule has 0 fully saturated rings. The lowest BCUT2D eigenvalue weighted by Gasteiger charge is -2.16. The van der Waals surface area contributed by atoms with Gasteiger partial charge in [-0.2, -0.15) is 0 Å². The van der Waals surface area contributed by atoms with Crippen LogP contribution in [-0.4, -0.2) is 54.7 Å². The van der Waals surface area contributed by atoms with Crippen molar-refractivity contribution in [1.29, 1.82) is 0 Å². The number of hydrogen-bond acceptors (Lipinski definition) is 5. The Balaban J connectivity index is 4.44. The van der Waals surface area contributed by atoms with E-state index in [-0.39, 0.29) is 0 Å². The zero-order valence-electron chi connectivity index (χ0n) is 8.30. The van der Waals surface area contributed by atoms with Crippen molar-refractivity contribution in [2.24, 2.45) is 0 Å². The summed E-state index contributed by atoms with van der Waals surface area (Å²) in [5, 5.41) is 19.5. The molecule has 0 radical (unpaired) electrons. The van der Waals surface area contributed by atoms with Gasteiger partial charge in [-0.15, -0.1) is 0 Å². The van der Waals surface area contributed by atoms with Gasteiger partial charge in [0.15, 0.2) is 15.9 Å². The van der Waals surface area contributed by atoms with E-state index in [0.717, 1.165) is 6.26 Å². The van der Waals surface area contributed by atoms with E-state index in [1.807, 2.05) is 5.32 Å². The number of carboxylic acids is 1. The maximum Gasteiger partial charge on any atom is 0.328 e. The average Bonchev–Trinajstić information content (AvgIpc) is 1.95. The molecule has 0 saturated heterocycles. The van der Waals surface area contributed by atoms with Gasteiger partial charge in [0.2, 0.25) is 5.91 Å². The predicted molar refractivity (Wildman–Crippen MR) is 51.0 cm³/mol. The SMILES string of the molecule is C[C@@H](O)[C@H](NC(=O)CS(C)(=O)=O)C(=O)O. The van der Waals surface area contributed by atoms with E-state index in [2.05, 4.69) is 0 Å². The Kier molecular flexibility index (Phi) is 4.69. The summed E-state index contributed by atoms with van der Waals surface area (Å²) in [7, 11) is -3.51. The van der Waals surface area contributed by atoms with Crippen LogP contribution < -0.4 is 5.32 Å². The minimum absolute atomic E-state index is 0.802. The number of nitrogens with one attached hydrogen (secondary N) is 1. The van der Waals surface area contributed by atoms with Gasteiger partial charge < -0.3 is 15.5 Å². The topological polar surface area (TPSA) is 121 Å². The first-order valence-electron chi connectivity index (χ1n) is 4.01. The van der Waals surface area contributed by atoms with E-state index in [1.54, 1.807) is 0 Å². The number of carboxylic acid groups (broad SMARTS) is 1. The van der Waals surface area contributed by atoms with Crippen LogP contribution in [0.15, 0.2) is 0 Å². The smallest absolute Gasteiger partial charge is 0.328 e. The van der Waals surface area contributed by atoms with Crippen LogP contribution in [0.1, 0.15) is 6.92 Å². The number of sulfone groups is 1. The summed E-state index contributed by atoms with van der Waals surface area (Å²) >= 11 is 0. The summed E-state index contributed by atoms with van der Waals surface area (Å²) in [6.07, 6.45) is -0.448. The molecule has 0 bridgehead atoms. The van der Waals surface area contributed by atoms with Crippen LogP contribution >= 0.6 is 0 Å². The lowest BCUT2D eigenvalue weighted by Crippen LogP contribution is -2.49. The van der Waals surface area contributed by atoms with Gasteiger partial charge in [0.05, 0.1) is 6.10 Å². The van der Waals surface area contributed by atoms with E-state index in [1.165, 1.54) is 6.92 Å². The molecule has 88 valence electrons. The maximum atomic E-state index is 11.0. The molecule has 2 atom stereocenters. The van der Waals surface area contributed by atoms with Crippen molar-refractivity contribution in [1.82, 2.24) is 5.32 Å². The van der Waals surface area contributed by atoms with E-state index >= 15 is 0 Å². The Hall–Kier alpha value is -1.15. The van der Waals surface area contributed by atoms with Gasteiger partial charge in [-0.3, -0.25) is 4.79 Å². The number of hydrogen-bond donors (Lipinski definition) is 3. The van der Waals surface area contributed by atoms with Crippen LogP contribution in [0, 0.1) is 0 Å². The fraction of sp³-hybridized carbons (Fsp3) is 0.714. The maximum absolute atomic E-state index is 11.0. The number of aliphatic hydroxyl groups is 1. The predicted octanol–water partition coefficient (Wildman–Crippen LogP) is -2.02. The zero-order chi connectivity index (χ0) is 12.2. The van der Waals surface area contributed by atoms with Gasteiger partial charge in [0.25, 0.3) is 0 Å². The average molecular weight is 239 g/mol. The molecule has 0 aliphatic carbocycles. The van der Waals surface area contributed by atoms with Gasteiger partial charge in [0, 0.05) is 6.26 Å². The van der Waals surface area contributed by atoms with Crippen molar-refractivity contribution < 1.29 is 28.2 Å². The fourth-order valence-corrected chi connectivity index (χ4v) is 1.40. The Bertz CT molecular complexity index is 346. The standard InChI is InChI=1S/C7H13NO6S/c1-4(9)6(7(11)12)8-5(10)3-15(2,13)14/h4,6,9H,3H2,1-2H3,(H,8,10)(H,11,12)/t4-,6+/m1/s1. The molecule has 0 spiro atoms. The first-order chi connectivity index (χ1) is 6.63. The van der Waals surface area contributed by atoms with Gasteiger partial charge >= 0.3 is 5.97 Å². The third-order valence-electron chi connectivity index (χ3n) is 1.46. The summed E-state index contributed by atoms with van der Waals surface area (Å²) in [4.78, 5) is 21.5. The third kappa shape index (κ3) is 6.02. The van der Waals surface area contributed by atoms with Crippen molar-refractivity contribution in [2.75, 3.05) is 12.0 Å². The molecular weight excluding hydrogens is 226 g/mol. The van der Waals surface area contributed by atoms with Gasteiger partial charge in [0.1, 0.15) is 5.75 Å². The zero-order valence-corrected chi connectivity index (χ0v) is 9.11. The number of amides is 1. The normalized spacial score (nSPS) is 15.4. The minimum Gasteiger partial charge on any atom is -0.480 e. The van der Waals surface area contributed by atoms with E-state index < -0.39 is 39.6 Å². The molecule has 0 aromatic rings. The summed E-state index contributed by atoms with van der Waals surface area (Å²) < 4.78 is 21.4. The van der Waals surface area contributed by atoms with Gasteiger partial charge in [-0.1, -0.05) is 0 Å². The first-order valence-corrected chi connectivity index (χ1v) is 6.07. The second kappa shape index (κ2) is 5.08. The van der Waals surface area contributed by atoms with Crippen molar-refractivity contribution in [3.8, 4) is 0 Å². The number of carbonyl (C=O) groups excluding carboxylic acids is 1. The molecule has 3 N–H and O–H groups in total. The molecule has 0 aromatic heterocycles. The monoisotopic (exact) mass is 239 g/mol. The van der Waals surface area contributed by atoms with Crippen molar-refractivity contribution in [2.45, 2.75) is 19.1 Å². The van der Waals surface area contributed by atoms with Crippen LogP contribution in [0.25, 0.3) is 0 Å². The number of aliphatic carboxylic acids is 1. The molecule has 7 nitrogen and oxygen atoms in total. The van der Waals surface area contributed by atoms with Gasteiger partial charge in [-0.05, 0) is 6.92 Å². The quantitative estimate of drug-likeness (QED) is 0.509. The van der Waals surface area contributed by atoms with E-state index in [0.29, 0.717) is 0 Å². The number of carbonyl (C=O) groups is 2. The van der Waals surface area contributed by atoms with Crippen molar-refractivity contribution >= 4 is 21.7 Å². The molecule has 0 aliphatic heterocycles. The fourth-order valence-electron chi connectivity index (χ4n) is 0.842. The molecule has 1 amide bonds. The van der Waals surface area contributed by atoms with E-state index in [9.17, 15) is 18.0 Å². The van der Waals surface area contributed by atoms with Crippen LogP contribution in [0.3, 0.4) is 0 Å². The lowest BCUT2D eigenvalue weighted by molar-refractivity contribution is -0.144. The summed E-state index contributed by atoms with van der Waals surface area (Å²) in [5.74, 6) is -3.18. The summed E-state index contributed by atoms with van der Waals surface area (Å²) in [6, 6.07) is -1.50. The highest BCUT2D eigenvalue weighted by Crippen LogP contribution is 1.94. The lowest BCUT2D eigenvalue weighted by atomic mass is 10.2. The van der Waals surface area contributed by atoms with Gasteiger partial charge in [-0.25, -0.2) is 13.2 Å². The number of rotatable bonds is 5. The van der Waals surface area contributed by atoms with E-state index in [4.69, 9.17) is 10.2 Å². The molecule has 8 heteroatoms. The molecule has 0 saturated carbocycles. The minimum atomic E-state index is -3.51. The second-order valence-electron chi connectivity index (χ2n) is 3.19. The molecule has 0 aromatic carbocycles. The Morgan fingerprint density at radius 1 is 1.40 bits per heavy atom. The second-order valence-corrected chi connectivity index (χ2v) is 5.33. The van der Waals surface area contributed by atoms with Crippen LogP contribution in [0.2, 0.25) is 0 Å². The molecule has 0 rings (SSSR count). The number of aliphatic hydroxyl groups excluding tert-OH is 1. The van der Waals surface area contributed by atoms with Crippen LogP contribution in [-0.2, 0) is 19.4 Å². The highest BCUT2D eigenvalue weighted by molar-refractivity contribution is 7.91. The molecule has 15 heavy (non-hydrogen) atoms. The molecule has 0 aliphatic rings. The molecular formula is C7H13NO6S. The van der Waals surface area contributed by atoms with Crippen molar-refractivity contribution in [3.63, 3.8) is 0 Å². The van der Waals surface area contributed by atoms with Crippen LogP contribution in [0.5, 0.6) is 0 Å². The van der Waals surface area contributed by atoms with Crippen LogP contribution in [0.4, 0.5) is 0 Å². The summed E-state index contributed by atoms with van der Waals surface area (Å²) in [5.41, 5.74) is 0. The Morgan fingerprint density at radius 3 is 2.13 bits per heavy atom. The summed E-state index contributed by atoms with van der Waals surface area (Å²) in [6.45, 7) is 1.18.